The van der Waals surface area contributed by atoms with E-state index in [4.69, 9.17) is 15.5 Å². The maximum absolute atomic E-state index is 12.9. The molecule has 0 radical (unpaired) electrons. The summed E-state index contributed by atoms with van der Waals surface area (Å²) >= 11 is 0. The summed E-state index contributed by atoms with van der Waals surface area (Å²) in [5.41, 5.74) is 11.4. The van der Waals surface area contributed by atoms with Gasteiger partial charge >= 0.3 is 5.97 Å². The van der Waals surface area contributed by atoms with Crippen molar-refractivity contribution in [3.05, 3.63) is 83.6 Å². The van der Waals surface area contributed by atoms with Crippen LogP contribution in [0.4, 0.5) is 11.5 Å². The zero-order valence-corrected chi connectivity index (χ0v) is 20.6. The van der Waals surface area contributed by atoms with Crippen molar-refractivity contribution in [2.75, 3.05) is 38.0 Å². The number of imidazole rings is 1. The first-order valence-corrected chi connectivity index (χ1v) is 11.6. The molecular formula is C27H30N6O3. The Balaban J connectivity index is 1.63. The quantitative estimate of drug-likeness (QED) is 0.312. The van der Waals surface area contributed by atoms with Crippen LogP contribution in [0.1, 0.15) is 21.5 Å². The standard InChI is InChI=1S/C27H30N6O3/c1-32(2)22-9-7-20(8-10-22)25-26(29-17-24(34)36-3)33-12-11-21(14-23(33)31-25)27(35)30-16-19-6-4-5-18(13-19)15-28/h4-14,29H,15-17,28H2,1-3H3,(H,30,35). The number of hydrogen-bond donors (Lipinski definition) is 3. The Labute approximate surface area is 209 Å². The minimum Gasteiger partial charge on any atom is -0.468 e. The van der Waals surface area contributed by atoms with Crippen LogP contribution in [0.5, 0.6) is 0 Å². The molecule has 0 atom stereocenters. The van der Waals surface area contributed by atoms with Crippen molar-refractivity contribution in [2.45, 2.75) is 13.1 Å². The topological polar surface area (TPSA) is 114 Å². The van der Waals surface area contributed by atoms with E-state index in [1.807, 2.05) is 71.9 Å². The molecule has 9 heteroatoms. The van der Waals surface area contributed by atoms with Crippen LogP contribution >= 0.6 is 0 Å². The highest BCUT2D eigenvalue weighted by Gasteiger charge is 2.17. The first-order chi connectivity index (χ1) is 17.4. The molecule has 0 spiro atoms. The van der Waals surface area contributed by atoms with Gasteiger partial charge in [0.15, 0.2) is 0 Å². The fourth-order valence-electron chi connectivity index (χ4n) is 3.85. The molecule has 9 nitrogen and oxygen atoms in total. The summed E-state index contributed by atoms with van der Waals surface area (Å²) in [7, 11) is 5.30. The van der Waals surface area contributed by atoms with Crippen LogP contribution in [0, 0.1) is 0 Å². The Morgan fingerprint density at radius 1 is 1.06 bits per heavy atom. The highest BCUT2D eigenvalue weighted by Crippen LogP contribution is 2.30. The number of esters is 1. The Kier molecular flexibility index (Phi) is 7.50. The Hall–Kier alpha value is -4.37. The molecule has 0 aliphatic carbocycles. The molecule has 0 saturated carbocycles. The molecule has 0 aliphatic rings. The minimum atomic E-state index is -0.395. The normalized spacial score (nSPS) is 10.8. The van der Waals surface area contributed by atoms with Crippen molar-refractivity contribution >= 4 is 29.0 Å². The average Bonchev–Trinajstić information content (AvgIpc) is 3.28. The Bertz CT molecular complexity index is 1380. The predicted molar refractivity (Wildman–Crippen MR) is 141 cm³/mol. The van der Waals surface area contributed by atoms with Crippen molar-refractivity contribution < 1.29 is 14.3 Å². The van der Waals surface area contributed by atoms with E-state index >= 15 is 0 Å². The number of rotatable bonds is 9. The number of carbonyl (C=O) groups is 2. The van der Waals surface area contributed by atoms with Gasteiger partial charge in [0.1, 0.15) is 23.7 Å². The smallest absolute Gasteiger partial charge is 0.325 e. The summed E-state index contributed by atoms with van der Waals surface area (Å²) < 4.78 is 6.60. The van der Waals surface area contributed by atoms with Gasteiger partial charge in [-0.25, -0.2) is 4.98 Å². The molecule has 0 fully saturated rings. The van der Waals surface area contributed by atoms with Crippen LogP contribution in [-0.2, 0) is 22.6 Å². The number of amides is 1. The Morgan fingerprint density at radius 3 is 2.50 bits per heavy atom. The van der Waals surface area contributed by atoms with E-state index in [1.165, 1.54) is 7.11 Å². The Morgan fingerprint density at radius 2 is 1.81 bits per heavy atom. The van der Waals surface area contributed by atoms with Gasteiger partial charge in [0.25, 0.3) is 5.91 Å². The lowest BCUT2D eigenvalue weighted by molar-refractivity contribution is -0.138. The fourth-order valence-corrected chi connectivity index (χ4v) is 3.85. The van der Waals surface area contributed by atoms with Crippen molar-refractivity contribution in [1.82, 2.24) is 14.7 Å². The lowest BCUT2D eigenvalue weighted by Crippen LogP contribution is -2.23. The molecule has 4 N–H and O–H groups in total. The molecule has 0 saturated heterocycles. The second kappa shape index (κ2) is 10.9. The monoisotopic (exact) mass is 486 g/mol. The van der Waals surface area contributed by atoms with Crippen LogP contribution in [0.2, 0.25) is 0 Å². The number of methoxy groups -OCH3 is 1. The van der Waals surface area contributed by atoms with Crippen molar-refractivity contribution in [3.63, 3.8) is 0 Å². The number of nitrogens with zero attached hydrogens (tertiary/aromatic N) is 3. The summed E-state index contributed by atoms with van der Waals surface area (Å²) in [4.78, 5) is 31.5. The number of fused-ring (bicyclic) bond motifs is 1. The second-order valence-electron chi connectivity index (χ2n) is 8.53. The van der Waals surface area contributed by atoms with E-state index in [0.717, 1.165) is 22.4 Å². The molecule has 0 bridgehead atoms. The summed E-state index contributed by atoms with van der Waals surface area (Å²) in [5, 5.41) is 6.08. The maximum atomic E-state index is 12.9. The third-order valence-corrected chi connectivity index (χ3v) is 5.85. The van der Waals surface area contributed by atoms with Gasteiger partial charge in [-0.05, 0) is 35.4 Å². The first-order valence-electron chi connectivity index (χ1n) is 11.6. The minimum absolute atomic E-state index is 0.0167. The highest BCUT2D eigenvalue weighted by atomic mass is 16.5. The molecule has 4 rings (SSSR count). The first kappa shape index (κ1) is 24.7. The van der Waals surface area contributed by atoms with Crippen LogP contribution < -0.4 is 21.3 Å². The number of ether oxygens (including phenoxy) is 1. The van der Waals surface area contributed by atoms with Gasteiger partial charge in [0, 0.05) is 50.2 Å². The highest BCUT2D eigenvalue weighted by molar-refractivity contribution is 5.95. The summed E-state index contributed by atoms with van der Waals surface area (Å²) in [6.07, 6.45) is 1.77. The van der Waals surface area contributed by atoms with Gasteiger partial charge in [-0.15, -0.1) is 0 Å². The van der Waals surface area contributed by atoms with Gasteiger partial charge in [-0.1, -0.05) is 36.4 Å². The third-order valence-electron chi connectivity index (χ3n) is 5.85. The maximum Gasteiger partial charge on any atom is 0.325 e. The molecule has 0 aliphatic heterocycles. The fraction of sp³-hybridized carbons (Fsp3) is 0.222. The number of nitrogens with one attached hydrogen (secondary N) is 2. The lowest BCUT2D eigenvalue weighted by Gasteiger charge is -2.13. The molecule has 1 amide bonds. The number of pyridine rings is 1. The number of aromatic nitrogens is 2. The molecular weight excluding hydrogens is 456 g/mol. The van der Waals surface area contributed by atoms with E-state index in [-0.39, 0.29) is 12.5 Å². The lowest BCUT2D eigenvalue weighted by atomic mass is 10.1. The summed E-state index contributed by atoms with van der Waals surface area (Å²) in [5.74, 6) is 0.0340. The number of carbonyl (C=O) groups excluding carboxylic acids is 2. The molecule has 0 unspecified atom stereocenters. The summed E-state index contributed by atoms with van der Waals surface area (Å²) in [6, 6.07) is 19.2. The van der Waals surface area contributed by atoms with E-state index in [2.05, 4.69) is 10.6 Å². The molecule has 2 heterocycles. The number of nitrogens with two attached hydrogens (primary N) is 1. The van der Waals surface area contributed by atoms with Gasteiger partial charge in [-0.3, -0.25) is 14.0 Å². The predicted octanol–water partition coefficient (Wildman–Crippen LogP) is 3.04. The SMILES string of the molecule is COC(=O)CNc1c(-c2ccc(N(C)C)cc2)nc2cc(C(=O)NCc3cccc(CN)c3)ccn12. The molecule has 36 heavy (non-hydrogen) atoms. The number of benzene rings is 2. The van der Waals surface area contributed by atoms with E-state index in [0.29, 0.717) is 35.8 Å². The zero-order valence-electron chi connectivity index (χ0n) is 20.6. The van der Waals surface area contributed by atoms with Crippen molar-refractivity contribution in [3.8, 4) is 11.3 Å². The van der Waals surface area contributed by atoms with E-state index in [9.17, 15) is 9.59 Å². The van der Waals surface area contributed by atoms with Gasteiger partial charge in [0.2, 0.25) is 0 Å². The van der Waals surface area contributed by atoms with E-state index in [1.54, 1.807) is 18.3 Å². The van der Waals surface area contributed by atoms with Crippen LogP contribution in [0.25, 0.3) is 16.9 Å². The second-order valence-corrected chi connectivity index (χ2v) is 8.53. The van der Waals surface area contributed by atoms with Gasteiger partial charge in [-0.2, -0.15) is 0 Å². The molecule has 4 aromatic rings. The van der Waals surface area contributed by atoms with Crippen molar-refractivity contribution in [1.29, 1.82) is 0 Å². The average molecular weight is 487 g/mol. The molecule has 186 valence electrons. The molecule has 2 aromatic heterocycles. The molecule has 2 aromatic carbocycles. The summed E-state index contributed by atoms with van der Waals surface area (Å²) in [6.45, 7) is 0.823. The zero-order chi connectivity index (χ0) is 25.7. The van der Waals surface area contributed by atoms with E-state index < -0.39 is 5.97 Å². The number of anilines is 2. The van der Waals surface area contributed by atoms with Crippen molar-refractivity contribution in [2.24, 2.45) is 5.73 Å². The van der Waals surface area contributed by atoms with Crippen LogP contribution in [-0.4, -0.2) is 49.0 Å². The van der Waals surface area contributed by atoms with Crippen LogP contribution in [0.15, 0.2) is 66.9 Å². The van der Waals surface area contributed by atoms with Gasteiger partial charge in [0.05, 0.1) is 7.11 Å². The largest absolute Gasteiger partial charge is 0.468 e. The third kappa shape index (κ3) is 5.47. The number of hydrogen-bond acceptors (Lipinski definition) is 7. The van der Waals surface area contributed by atoms with Gasteiger partial charge < -0.3 is 26.0 Å². The van der Waals surface area contributed by atoms with Crippen LogP contribution in [0.3, 0.4) is 0 Å².